The molecule has 1 heterocycles. The first-order valence-corrected chi connectivity index (χ1v) is 7.73. The summed E-state index contributed by atoms with van der Waals surface area (Å²) in [5.41, 5.74) is 1.95. The maximum Gasteiger partial charge on any atom is 0.169 e. The molecule has 0 aliphatic carbocycles. The number of hydrogen-bond acceptors (Lipinski definition) is 4. The largest absolute Gasteiger partial charge is 0.296 e. The molecule has 3 aromatic rings. The van der Waals surface area contributed by atoms with Gasteiger partial charge in [-0.15, -0.1) is 0 Å². The van der Waals surface area contributed by atoms with Gasteiger partial charge >= 0.3 is 0 Å². The SMILES string of the molecule is CC(C(=O)C(c1ccc(C#N)cc1)n1cncn1)c1ccc(F)cc1. The molecule has 0 spiro atoms. The molecule has 3 rings (SSSR count). The Balaban J connectivity index is 1.97. The van der Waals surface area contributed by atoms with Gasteiger partial charge < -0.3 is 0 Å². The van der Waals surface area contributed by atoms with Crippen LogP contribution in [-0.2, 0) is 4.79 Å². The second-order valence-corrected chi connectivity index (χ2v) is 5.69. The lowest BCUT2D eigenvalue weighted by atomic mass is 9.89. The summed E-state index contributed by atoms with van der Waals surface area (Å²) < 4.78 is 14.6. The van der Waals surface area contributed by atoms with E-state index in [1.807, 2.05) is 0 Å². The van der Waals surface area contributed by atoms with Gasteiger partial charge in [0.05, 0.1) is 11.6 Å². The molecule has 1 aromatic heterocycles. The summed E-state index contributed by atoms with van der Waals surface area (Å²) in [6.45, 7) is 1.78. The van der Waals surface area contributed by atoms with Gasteiger partial charge in [-0.25, -0.2) is 14.1 Å². The van der Waals surface area contributed by atoms with Crippen molar-refractivity contribution < 1.29 is 9.18 Å². The Morgan fingerprint density at radius 1 is 1.12 bits per heavy atom. The summed E-state index contributed by atoms with van der Waals surface area (Å²) >= 11 is 0. The first-order chi connectivity index (χ1) is 12.1. The highest BCUT2D eigenvalue weighted by Crippen LogP contribution is 2.27. The molecule has 0 saturated carbocycles. The number of nitriles is 1. The molecule has 6 heteroatoms. The van der Waals surface area contributed by atoms with Crippen LogP contribution in [0, 0.1) is 17.1 Å². The van der Waals surface area contributed by atoms with E-state index in [1.165, 1.54) is 29.5 Å². The molecule has 0 aliphatic rings. The van der Waals surface area contributed by atoms with E-state index >= 15 is 0 Å². The molecule has 0 saturated heterocycles. The van der Waals surface area contributed by atoms with Crippen molar-refractivity contribution in [3.63, 3.8) is 0 Å². The highest BCUT2D eigenvalue weighted by molar-refractivity contribution is 5.91. The van der Waals surface area contributed by atoms with Crippen LogP contribution in [0.5, 0.6) is 0 Å². The lowest BCUT2D eigenvalue weighted by Gasteiger charge is -2.21. The fraction of sp³-hybridized carbons (Fsp3) is 0.158. The molecule has 0 radical (unpaired) electrons. The van der Waals surface area contributed by atoms with E-state index in [2.05, 4.69) is 16.2 Å². The number of ketones is 1. The van der Waals surface area contributed by atoms with Gasteiger partial charge in [0.1, 0.15) is 24.5 Å². The topological polar surface area (TPSA) is 71.6 Å². The van der Waals surface area contributed by atoms with Crippen LogP contribution in [-0.4, -0.2) is 20.5 Å². The third kappa shape index (κ3) is 3.45. The highest BCUT2D eigenvalue weighted by atomic mass is 19.1. The number of carbonyl (C=O) groups excluding carboxylic acids is 1. The first-order valence-electron chi connectivity index (χ1n) is 7.73. The molecule has 0 amide bonds. The Morgan fingerprint density at radius 3 is 2.32 bits per heavy atom. The van der Waals surface area contributed by atoms with Gasteiger partial charge in [-0.2, -0.15) is 10.4 Å². The zero-order valence-corrected chi connectivity index (χ0v) is 13.5. The van der Waals surface area contributed by atoms with E-state index in [-0.39, 0.29) is 11.6 Å². The molecular formula is C19H15FN4O. The lowest BCUT2D eigenvalue weighted by molar-refractivity contribution is -0.122. The Kier molecular flexibility index (Phi) is 4.66. The number of carbonyl (C=O) groups is 1. The van der Waals surface area contributed by atoms with Gasteiger partial charge in [-0.1, -0.05) is 31.2 Å². The van der Waals surface area contributed by atoms with Crippen molar-refractivity contribution in [1.82, 2.24) is 14.8 Å². The van der Waals surface area contributed by atoms with Gasteiger partial charge in [0.15, 0.2) is 5.78 Å². The summed E-state index contributed by atoms with van der Waals surface area (Å²) in [7, 11) is 0. The Labute approximate surface area is 144 Å². The third-order valence-electron chi connectivity index (χ3n) is 4.12. The van der Waals surface area contributed by atoms with Crippen LogP contribution in [0.1, 0.15) is 35.6 Å². The second kappa shape index (κ2) is 7.05. The standard InChI is InChI=1S/C19H15FN4O/c1-13(15-6-8-17(20)9-7-15)19(25)18(24-12-22-11-23-24)16-4-2-14(10-21)3-5-16/h2-9,11-13,18H,1H3. The van der Waals surface area contributed by atoms with E-state index in [9.17, 15) is 9.18 Å². The van der Waals surface area contributed by atoms with Gasteiger partial charge in [-0.3, -0.25) is 4.79 Å². The minimum Gasteiger partial charge on any atom is -0.296 e. The molecule has 2 aromatic carbocycles. The van der Waals surface area contributed by atoms with E-state index in [4.69, 9.17) is 5.26 Å². The highest BCUT2D eigenvalue weighted by Gasteiger charge is 2.28. The third-order valence-corrected chi connectivity index (χ3v) is 4.12. The van der Waals surface area contributed by atoms with Gasteiger partial charge in [0.2, 0.25) is 0 Å². The van der Waals surface area contributed by atoms with Gasteiger partial charge in [-0.05, 0) is 35.4 Å². The second-order valence-electron chi connectivity index (χ2n) is 5.69. The van der Waals surface area contributed by atoms with Crippen molar-refractivity contribution in [3.05, 3.63) is 83.7 Å². The number of halogens is 1. The maximum absolute atomic E-state index is 13.1. The normalized spacial score (nSPS) is 13.0. The average Bonchev–Trinajstić information content (AvgIpc) is 3.16. The van der Waals surface area contributed by atoms with Crippen LogP contribution in [0.4, 0.5) is 4.39 Å². The molecule has 5 nitrogen and oxygen atoms in total. The number of nitrogens with zero attached hydrogens (tertiary/aromatic N) is 4. The zero-order valence-electron chi connectivity index (χ0n) is 13.5. The maximum atomic E-state index is 13.1. The predicted octanol–water partition coefficient (Wildman–Crippen LogP) is 3.25. The fourth-order valence-corrected chi connectivity index (χ4v) is 2.69. The van der Waals surface area contributed by atoms with Crippen molar-refractivity contribution in [2.45, 2.75) is 18.9 Å². The van der Waals surface area contributed by atoms with Crippen molar-refractivity contribution in [2.75, 3.05) is 0 Å². The molecule has 2 atom stereocenters. The van der Waals surface area contributed by atoms with Crippen LogP contribution in [0.2, 0.25) is 0 Å². The summed E-state index contributed by atoms with van der Waals surface area (Å²) in [6, 6.07) is 14.1. The molecule has 2 unspecified atom stereocenters. The average molecular weight is 334 g/mol. The first kappa shape index (κ1) is 16.5. The number of Topliss-reactive ketones (excluding diaryl/α,β-unsaturated/α-hetero) is 1. The molecule has 0 aliphatic heterocycles. The van der Waals surface area contributed by atoms with Crippen LogP contribution in [0.25, 0.3) is 0 Å². The Morgan fingerprint density at radius 2 is 1.76 bits per heavy atom. The minimum absolute atomic E-state index is 0.0955. The zero-order chi connectivity index (χ0) is 17.8. The van der Waals surface area contributed by atoms with Crippen LogP contribution >= 0.6 is 0 Å². The molecule has 0 N–H and O–H groups in total. The number of aromatic nitrogens is 3. The van der Waals surface area contributed by atoms with Crippen molar-refractivity contribution in [2.24, 2.45) is 0 Å². The monoisotopic (exact) mass is 334 g/mol. The molecule has 124 valence electrons. The smallest absolute Gasteiger partial charge is 0.169 e. The van der Waals surface area contributed by atoms with Gasteiger partial charge in [0.25, 0.3) is 0 Å². The van der Waals surface area contributed by atoms with Gasteiger partial charge in [0, 0.05) is 5.92 Å². The van der Waals surface area contributed by atoms with Crippen LogP contribution in [0.3, 0.4) is 0 Å². The molecule has 0 fully saturated rings. The van der Waals surface area contributed by atoms with Crippen LogP contribution < -0.4 is 0 Å². The summed E-state index contributed by atoms with van der Waals surface area (Å²) in [6.07, 6.45) is 2.85. The number of rotatable bonds is 5. The van der Waals surface area contributed by atoms with Crippen molar-refractivity contribution in [1.29, 1.82) is 5.26 Å². The van der Waals surface area contributed by atoms with Crippen molar-refractivity contribution in [3.8, 4) is 6.07 Å². The van der Waals surface area contributed by atoms with E-state index < -0.39 is 12.0 Å². The summed E-state index contributed by atoms with van der Waals surface area (Å²) in [4.78, 5) is 17.1. The molecule has 0 bridgehead atoms. The van der Waals surface area contributed by atoms with Crippen molar-refractivity contribution >= 4 is 5.78 Å². The lowest BCUT2D eigenvalue weighted by Crippen LogP contribution is -2.25. The number of hydrogen-bond donors (Lipinski definition) is 0. The van der Waals surface area contributed by atoms with E-state index in [1.54, 1.807) is 43.3 Å². The van der Waals surface area contributed by atoms with E-state index in [0.717, 1.165) is 5.56 Å². The van der Waals surface area contributed by atoms with Crippen LogP contribution in [0.15, 0.2) is 61.2 Å². The molecular weight excluding hydrogens is 319 g/mol. The summed E-state index contributed by atoms with van der Waals surface area (Å²) in [5, 5.41) is 13.1. The minimum atomic E-state index is -0.671. The summed E-state index contributed by atoms with van der Waals surface area (Å²) in [5.74, 6) is -0.893. The van der Waals surface area contributed by atoms with E-state index in [0.29, 0.717) is 11.1 Å². The quantitative estimate of drug-likeness (QED) is 0.718. The number of benzene rings is 2. The fourth-order valence-electron chi connectivity index (χ4n) is 2.69. The Hall–Kier alpha value is -3.33. The Bertz CT molecular complexity index is 896. The predicted molar refractivity (Wildman–Crippen MR) is 89.1 cm³/mol. The molecule has 25 heavy (non-hydrogen) atoms.